The Morgan fingerprint density at radius 3 is 1.98 bits per heavy atom. The van der Waals surface area contributed by atoms with Gasteiger partial charge in [-0.25, -0.2) is 4.79 Å². The second-order valence-corrected chi connectivity index (χ2v) is 9.83. The van der Waals surface area contributed by atoms with E-state index in [0.717, 1.165) is 56.9 Å². The van der Waals surface area contributed by atoms with Crippen LogP contribution in [0.4, 0.5) is 18.9 Å². The lowest BCUT2D eigenvalue weighted by atomic mass is 10.1. The quantitative estimate of drug-likeness (QED) is 0.365. The normalized spacial score (nSPS) is 14.5. The number of nitrogens with zero attached hydrogens (tertiary/aromatic N) is 2. The Bertz CT molecular complexity index is 1300. The van der Waals surface area contributed by atoms with Gasteiger partial charge in [-0.1, -0.05) is 30.3 Å². The van der Waals surface area contributed by atoms with Crippen LogP contribution in [0.15, 0.2) is 66.7 Å². The monoisotopic (exact) mass is 557 g/mol. The number of carboxylic acid groups (broad SMARTS) is 1. The molecule has 4 rings (SSSR count). The average Bonchev–Trinajstić information content (AvgIpc) is 3.11. The number of phenolic OH excluding ortho intramolecular Hbond substituents is 1. The maximum atomic E-state index is 12.6. The summed E-state index contributed by atoms with van der Waals surface area (Å²) in [4.78, 5) is 26.4. The van der Waals surface area contributed by atoms with E-state index in [-0.39, 0.29) is 5.91 Å². The van der Waals surface area contributed by atoms with Gasteiger partial charge in [0.05, 0.1) is 0 Å². The largest absolute Gasteiger partial charge is 0.508 e. The number of hydrogen-bond donors (Lipinski definition) is 3. The molecule has 0 aliphatic carbocycles. The Balaban J connectivity index is 0.000000559. The van der Waals surface area contributed by atoms with Crippen molar-refractivity contribution in [1.82, 2.24) is 9.80 Å². The third-order valence-corrected chi connectivity index (χ3v) is 6.63. The third-order valence-electron chi connectivity index (χ3n) is 6.63. The number of aliphatic carboxylic acids is 1. The molecule has 0 aromatic heterocycles. The lowest BCUT2D eigenvalue weighted by Gasteiger charge is -2.22. The van der Waals surface area contributed by atoms with Crippen LogP contribution in [-0.4, -0.2) is 64.2 Å². The van der Waals surface area contributed by atoms with Crippen molar-refractivity contribution in [1.29, 1.82) is 0 Å². The predicted octanol–water partition coefficient (Wildman–Crippen LogP) is 5.60. The molecule has 1 saturated heterocycles. The number of alkyl halides is 3. The molecule has 1 aliphatic rings. The van der Waals surface area contributed by atoms with Crippen LogP contribution in [0.1, 0.15) is 39.0 Å². The molecule has 3 N–H and O–H groups in total. The molecule has 0 radical (unpaired) electrons. The van der Waals surface area contributed by atoms with Crippen LogP contribution in [0.2, 0.25) is 0 Å². The number of nitrogens with one attached hydrogen (secondary N) is 1. The zero-order chi connectivity index (χ0) is 29.3. The van der Waals surface area contributed by atoms with Crippen molar-refractivity contribution in [3.8, 4) is 5.75 Å². The first-order valence-electron chi connectivity index (χ1n) is 12.9. The fourth-order valence-electron chi connectivity index (χ4n) is 4.30. The molecule has 10 heteroatoms. The molecule has 0 spiro atoms. The molecule has 1 fully saturated rings. The smallest absolute Gasteiger partial charge is 0.490 e. The van der Waals surface area contributed by atoms with E-state index < -0.39 is 12.1 Å². The SMILES string of the molecule is Cc1ccc(NC(=O)c2ccc(CN3CCCN(Cc4cccc(O)c4)CC3)cc2)cc1C.O=C(O)C(F)(F)F. The summed E-state index contributed by atoms with van der Waals surface area (Å²) in [5, 5.41) is 19.8. The maximum Gasteiger partial charge on any atom is 0.490 e. The average molecular weight is 558 g/mol. The Hall–Kier alpha value is -3.89. The molecular weight excluding hydrogens is 523 g/mol. The van der Waals surface area contributed by atoms with E-state index in [0.29, 0.717) is 11.3 Å². The highest BCUT2D eigenvalue weighted by molar-refractivity contribution is 6.04. The number of carbonyl (C=O) groups is 2. The van der Waals surface area contributed by atoms with Gasteiger partial charge in [0.1, 0.15) is 5.75 Å². The minimum atomic E-state index is -5.08. The van der Waals surface area contributed by atoms with Crippen molar-refractivity contribution in [2.45, 2.75) is 39.5 Å². The first kappa shape index (κ1) is 30.6. The Kier molecular flexibility index (Phi) is 10.7. The first-order valence-corrected chi connectivity index (χ1v) is 12.9. The molecule has 0 bridgehead atoms. The summed E-state index contributed by atoms with van der Waals surface area (Å²) in [5.41, 5.74) is 6.25. The van der Waals surface area contributed by atoms with E-state index in [4.69, 9.17) is 9.90 Å². The maximum absolute atomic E-state index is 12.6. The fraction of sp³-hybridized carbons (Fsp3) is 0.333. The van der Waals surface area contributed by atoms with Gasteiger partial charge in [-0.3, -0.25) is 14.6 Å². The van der Waals surface area contributed by atoms with Crippen molar-refractivity contribution in [3.05, 3.63) is 94.5 Å². The molecule has 3 aromatic carbocycles. The lowest BCUT2D eigenvalue weighted by molar-refractivity contribution is -0.192. The van der Waals surface area contributed by atoms with E-state index in [1.54, 1.807) is 6.07 Å². The van der Waals surface area contributed by atoms with Gasteiger partial charge >= 0.3 is 12.1 Å². The summed E-state index contributed by atoms with van der Waals surface area (Å²) in [6.45, 7) is 10.0. The zero-order valence-corrected chi connectivity index (χ0v) is 22.5. The molecule has 40 heavy (non-hydrogen) atoms. The number of aromatic hydroxyl groups is 1. The highest BCUT2D eigenvalue weighted by Gasteiger charge is 2.38. The predicted molar refractivity (Wildman–Crippen MR) is 147 cm³/mol. The number of phenols is 1. The van der Waals surface area contributed by atoms with E-state index in [9.17, 15) is 23.1 Å². The van der Waals surface area contributed by atoms with Gasteiger partial charge in [0, 0.05) is 37.4 Å². The van der Waals surface area contributed by atoms with Crippen molar-refractivity contribution < 1.29 is 33.0 Å². The third kappa shape index (κ3) is 9.69. The van der Waals surface area contributed by atoms with E-state index in [1.807, 2.05) is 49.4 Å². The number of carbonyl (C=O) groups excluding carboxylic acids is 1. The number of hydrogen-bond acceptors (Lipinski definition) is 5. The van der Waals surface area contributed by atoms with Gasteiger partial charge in [0.15, 0.2) is 0 Å². The Morgan fingerprint density at radius 1 is 0.825 bits per heavy atom. The van der Waals surface area contributed by atoms with Crippen LogP contribution in [0.5, 0.6) is 5.75 Å². The molecular formula is C30H34F3N3O4. The number of benzene rings is 3. The minimum Gasteiger partial charge on any atom is -0.508 e. The molecule has 0 atom stereocenters. The van der Waals surface area contributed by atoms with E-state index in [2.05, 4.69) is 40.2 Å². The molecule has 1 heterocycles. The highest BCUT2D eigenvalue weighted by atomic mass is 19.4. The zero-order valence-electron chi connectivity index (χ0n) is 22.5. The summed E-state index contributed by atoms with van der Waals surface area (Å²) < 4.78 is 31.7. The molecule has 3 aromatic rings. The lowest BCUT2D eigenvalue weighted by Crippen LogP contribution is -2.30. The number of aryl methyl sites for hydroxylation is 2. The van der Waals surface area contributed by atoms with Crippen LogP contribution < -0.4 is 5.32 Å². The number of amides is 1. The van der Waals surface area contributed by atoms with Gasteiger partial charge in [-0.05, 0) is 92.0 Å². The summed E-state index contributed by atoms with van der Waals surface area (Å²) in [6.07, 6.45) is -3.96. The molecule has 7 nitrogen and oxygen atoms in total. The molecule has 0 saturated carbocycles. The number of rotatable bonds is 6. The standard InChI is InChI=1S/C28H33N3O2.C2HF3O2/c1-21-7-12-26(17-22(21)2)29-28(33)25-10-8-23(9-11-25)19-30-13-4-14-31(16-15-30)20-24-5-3-6-27(32)18-24;3-2(4,5)1(6)7/h3,5-12,17-18,32H,4,13-16,19-20H2,1-2H3,(H,29,33);(H,6,7). The number of carboxylic acids is 1. The summed E-state index contributed by atoms with van der Waals surface area (Å²) in [6, 6.07) is 21.5. The van der Waals surface area contributed by atoms with Gasteiger partial charge in [0.25, 0.3) is 5.91 Å². The molecule has 214 valence electrons. The topological polar surface area (TPSA) is 93.1 Å². The van der Waals surface area contributed by atoms with Crippen LogP contribution in [0, 0.1) is 13.8 Å². The number of halogens is 3. The van der Waals surface area contributed by atoms with E-state index in [1.165, 1.54) is 16.7 Å². The van der Waals surface area contributed by atoms with Gasteiger partial charge < -0.3 is 15.5 Å². The number of anilines is 1. The summed E-state index contributed by atoms with van der Waals surface area (Å²) in [7, 11) is 0. The van der Waals surface area contributed by atoms with E-state index >= 15 is 0 Å². The van der Waals surface area contributed by atoms with Crippen LogP contribution in [0.3, 0.4) is 0 Å². The fourth-order valence-corrected chi connectivity index (χ4v) is 4.30. The molecule has 1 amide bonds. The Morgan fingerprint density at radius 2 is 1.43 bits per heavy atom. The van der Waals surface area contributed by atoms with Gasteiger partial charge in [0.2, 0.25) is 0 Å². The molecule has 1 aliphatic heterocycles. The van der Waals surface area contributed by atoms with Crippen molar-refractivity contribution >= 4 is 17.6 Å². The first-order chi connectivity index (χ1) is 18.9. The van der Waals surface area contributed by atoms with Crippen LogP contribution in [-0.2, 0) is 17.9 Å². The van der Waals surface area contributed by atoms with Crippen molar-refractivity contribution in [2.75, 3.05) is 31.5 Å². The van der Waals surface area contributed by atoms with Gasteiger partial charge in [-0.2, -0.15) is 13.2 Å². The van der Waals surface area contributed by atoms with Crippen molar-refractivity contribution in [2.24, 2.45) is 0 Å². The summed E-state index contributed by atoms with van der Waals surface area (Å²) >= 11 is 0. The van der Waals surface area contributed by atoms with Crippen LogP contribution >= 0.6 is 0 Å². The van der Waals surface area contributed by atoms with Gasteiger partial charge in [-0.15, -0.1) is 0 Å². The second kappa shape index (κ2) is 14.0. The van der Waals surface area contributed by atoms with Crippen LogP contribution in [0.25, 0.3) is 0 Å². The highest BCUT2D eigenvalue weighted by Crippen LogP contribution is 2.18. The minimum absolute atomic E-state index is 0.0813. The van der Waals surface area contributed by atoms with Crippen molar-refractivity contribution in [3.63, 3.8) is 0 Å². The summed E-state index contributed by atoms with van der Waals surface area (Å²) in [5.74, 6) is -2.51. The molecule has 0 unspecified atom stereocenters. The second-order valence-electron chi connectivity index (χ2n) is 9.83. The Labute approximate surface area is 231 Å².